The van der Waals surface area contributed by atoms with E-state index in [1.807, 2.05) is 13.0 Å². The number of nitrogens with one attached hydrogen (secondary N) is 2. The minimum Gasteiger partial charge on any atom is -0.325 e. The van der Waals surface area contributed by atoms with E-state index in [0.717, 1.165) is 23.7 Å². The first-order valence-corrected chi connectivity index (χ1v) is 11.8. The summed E-state index contributed by atoms with van der Waals surface area (Å²) in [4.78, 5) is 12.9. The Balaban J connectivity index is 1.65. The maximum atomic E-state index is 12.7. The summed E-state index contributed by atoms with van der Waals surface area (Å²) in [7, 11) is -0.580. The Hall–Kier alpha value is -2.22. The van der Waals surface area contributed by atoms with E-state index in [1.165, 1.54) is 44.6 Å². The van der Waals surface area contributed by atoms with Crippen molar-refractivity contribution in [2.75, 3.05) is 26.0 Å². The molecule has 0 heterocycles. The fourth-order valence-electron chi connectivity index (χ4n) is 4.05. The molecule has 0 aromatic heterocycles. The molecule has 0 saturated heterocycles. The number of hydrogen-bond donors (Lipinski definition) is 2. The fraction of sp³-hybridized carbons (Fsp3) is 0.435. The Bertz CT molecular complexity index is 968. The van der Waals surface area contributed by atoms with E-state index in [9.17, 15) is 13.2 Å². The number of anilines is 1. The van der Waals surface area contributed by atoms with Crippen LogP contribution < -0.4 is 10.6 Å². The molecule has 0 aliphatic heterocycles. The van der Waals surface area contributed by atoms with Gasteiger partial charge in [0.15, 0.2) is 0 Å². The topological polar surface area (TPSA) is 78.5 Å². The molecule has 1 unspecified atom stereocenters. The van der Waals surface area contributed by atoms with Gasteiger partial charge in [0.1, 0.15) is 0 Å². The first kappa shape index (κ1) is 22.5. The lowest BCUT2D eigenvalue weighted by Crippen LogP contribution is -2.45. The molecule has 0 bridgehead atoms. The molecule has 0 spiro atoms. The maximum Gasteiger partial charge on any atom is 0.242 e. The van der Waals surface area contributed by atoms with Crippen LogP contribution in [0, 0.1) is 0 Å². The lowest BCUT2D eigenvalue weighted by atomic mass is 9.78. The zero-order valence-electron chi connectivity index (χ0n) is 17.9. The summed E-state index contributed by atoms with van der Waals surface area (Å²) in [5.41, 5.74) is 1.86. The van der Waals surface area contributed by atoms with Gasteiger partial charge in [-0.3, -0.25) is 4.79 Å². The number of nitrogens with zero attached hydrogens (tertiary/aromatic N) is 1. The predicted octanol–water partition coefficient (Wildman–Crippen LogP) is 3.37. The molecule has 162 valence electrons. The van der Waals surface area contributed by atoms with Gasteiger partial charge in [0.25, 0.3) is 0 Å². The highest BCUT2D eigenvalue weighted by molar-refractivity contribution is 7.89. The van der Waals surface area contributed by atoms with Crippen molar-refractivity contribution in [1.29, 1.82) is 0 Å². The normalized spacial score (nSPS) is 17.1. The second-order valence-electron chi connectivity index (χ2n) is 8.26. The lowest BCUT2D eigenvalue weighted by Gasteiger charge is -2.31. The van der Waals surface area contributed by atoms with E-state index >= 15 is 0 Å². The van der Waals surface area contributed by atoms with Gasteiger partial charge in [-0.1, -0.05) is 49.2 Å². The second kappa shape index (κ2) is 9.29. The summed E-state index contributed by atoms with van der Waals surface area (Å²) in [6.45, 7) is 2.57. The van der Waals surface area contributed by atoms with Gasteiger partial charge in [-0.15, -0.1) is 0 Å². The number of amides is 1. The monoisotopic (exact) mass is 429 g/mol. The molecule has 7 heteroatoms. The van der Waals surface area contributed by atoms with Crippen molar-refractivity contribution in [2.24, 2.45) is 0 Å². The molecule has 2 aromatic carbocycles. The standard InChI is InChI=1S/C23H31N3O3S/c1-18(24-17-23(14-7-8-15-23)19-10-5-4-6-11-19)22(27)25-20-12-9-13-21(16-20)30(28,29)26(2)3/h4-6,9-13,16,18,24H,7-8,14-15,17H2,1-3H3,(H,25,27). The molecular weight excluding hydrogens is 398 g/mol. The molecule has 1 saturated carbocycles. The average Bonchev–Trinajstić information content (AvgIpc) is 3.23. The number of carbonyl (C=O) groups is 1. The average molecular weight is 430 g/mol. The Morgan fingerprint density at radius 2 is 1.73 bits per heavy atom. The van der Waals surface area contributed by atoms with Crippen LogP contribution in [-0.4, -0.2) is 45.3 Å². The number of rotatable bonds is 8. The highest BCUT2D eigenvalue weighted by Crippen LogP contribution is 2.40. The van der Waals surface area contributed by atoms with Crippen LogP contribution in [0.1, 0.15) is 38.2 Å². The summed E-state index contributed by atoms with van der Waals surface area (Å²) in [5.74, 6) is -0.185. The quantitative estimate of drug-likeness (QED) is 0.674. The van der Waals surface area contributed by atoms with Crippen LogP contribution in [0.3, 0.4) is 0 Å². The van der Waals surface area contributed by atoms with E-state index in [0.29, 0.717) is 5.69 Å². The molecule has 2 N–H and O–H groups in total. The predicted molar refractivity (Wildman–Crippen MR) is 120 cm³/mol. The zero-order chi connectivity index (χ0) is 21.8. The lowest BCUT2D eigenvalue weighted by molar-refractivity contribution is -0.117. The van der Waals surface area contributed by atoms with E-state index < -0.39 is 16.1 Å². The van der Waals surface area contributed by atoms with E-state index in [-0.39, 0.29) is 16.2 Å². The van der Waals surface area contributed by atoms with Gasteiger partial charge in [0.2, 0.25) is 15.9 Å². The molecule has 0 radical (unpaired) electrons. The molecule has 3 rings (SSSR count). The Morgan fingerprint density at radius 3 is 2.37 bits per heavy atom. The van der Waals surface area contributed by atoms with Crippen LogP contribution in [0.2, 0.25) is 0 Å². The zero-order valence-corrected chi connectivity index (χ0v) is 18.7. The fourth-order valence-corrected chi connectivity index (χ4v) is 5.00. The minimum absolute atomic E-state index is 0.0650. The largest absolute Gasteiger partial charge is 0.325 e. The third-order valence-electron chi connectivity index (χ3n) is 5.97. The first-order chi connectivity index (χ1) is 14.2. The molecule has 1 atom stereocenters. The highest BCUT2D eigenvalue weighted by Gasteiger charge is 2.35. The SMILES string of the molecule is CC(NCC1(c2ccccc2)CCCC1)C(=O)Nc1cccc(S(=O)(=O)N(C)C)c1. The molecule has 1 aliphatic rings. The van der Waals surface area contributed by atoms with Gasteiger partial charge in [-0.05, 0) is 43.5 Å². The first-order valence-electron chi connectivity index (χ1n) is 10.4. The van der Waals surface area contributed by atoms with Crippen LogP contribution in [0.15, 0.2) is 59.5 Å². The minimum atomic E-state index is -3.55. The van der Waals surface area contributed by atoms with Crippen molar-refractivity contribution >= 4 is 21.6 Å². The van der Waals surface area contributed by atoms with Gasteiger partial charge in [-0.2, -0.15) is 0 Å². The molecule has 2 aromatic rings. The van der Waals surface area contributed by atoms with E-state index in [4.69, 9.17) is 0 Å². The number of sulfonamides is 1. The van der Waals surface area contributed by atoms with Gasteiger partial charge in [0.05, 0.1) is 10.9 Å². The summed E-state index contributed by atoms with van der Waals surface area (Å²) >= 11 is 0. The van der Waals surface area contributed by atoms with Crippen LogP contribution >= 0.6 is 0 Å². The molecule has 6 nitrogen and oxygen atoms in total. The van der Waals surface area contributed by atoms with Gasteiger partial charge in [-0.25, -0.2) is 12.7 Å². The number of hydrogen-bond acceptors (Lipinski definition) is 4. The van der Waals surface area contributed by atoms with Crippen LogP contribution in [0.25, 0.3) is 0 Å². The van der Waals surface area contributed by atoms with Gasteiger partial charge >= 0.3 is 0 Å². The Morgan fingerprint density at radius 1 is 1.07 bits per heavy atom. The smallest absolute Gasteiger partial charge is 0.242 e. The van der Waals surface area contributed by atoms with Crippen molar-refractivity contribution in [3.05, 3.63) is 60.2 Å². The third kappa shape index (κ3) is 4.91. The molecule has 1 amide bonds. The molecule has 1 aliphatic carbocycles. The molecule has 1 fully saturated rings. The molecular formula is C23H31N3O3S. The van der Waals surface area contributed by atoms with Crippen molar-refractivity contribution in [3.63, 3.8) is 0 Å². The summed E-state index contributed by atoms with van der Waals surface area (Å²) < 4.78 is 25.8. The second-order valence-corrected chi connectivity index (χ2v) is 10.4. The highest BCUT2D eigenvalue weighted by atomic mass is 32.2. The van der Waals surface area contributed by atoms with E-state index in [1.54, 1.807) is 12.1 Å². The van der Waals surface area contributed by atoms with Crippen molar-refractivity contribution in [3.8, 4) is 0 Å². The van der Waals surface area contributed by atoms with E-state index in [2.05, 4.69) is 34.9 Å². The van der Waals surface area contributed by atoms with Crippen LogP contribution in [0.4, 0.5) is 5.69 Å². The van der Waals surface area contributed by atoms with Crippen LogP contribution in [-0.2, 0) is 20.2 Å². The van der Waals surface area contributed by atoms with Crippen molar-refractivity contribution in [1.82, 2.24) is 9.62 Å². The van der Waals surface area contributed by atoms with Gasteiger partial charge < -0.3 is 10.6 Å². The Labute approximate surface area is 179 Å². The van der Waals surface area contributed by atoms with Crippen molar-refractivity contribution in [2.45, 2.75) is 49.0 Å². The van der Waals surface area contributed by atoms with Crippen LogP contribution in [0.5, 0.6) is 0 Å². The van der Waals surface area contributed by atoms with Gasteiger partial charge in [0, 0.05) is 31.7 Å². The summed E-state index contributed by atoms with van der Waals surface area (Å²) in [6, 6.07) is 16.5. The summed E-state index contributed by atoms with van der Waals surface area (Å²) in [5, 5.41) is 6.24. The molecule has 30 heavy (non-hydrogen) atoms. The Kier molecular flexibility index (Phi) is 6.95. The number of benzene rings is 2. The number of carbonyl (C=O) groups excluding carboxylic acids is 1. The third-order valence-corrected chi connectivity index (χ3v) is 7.78. The maximum absolute atomic E-state index is 12.7. The van der Waals surface area contributed by atoms with Crippen molar-refractivity contribution < 1.29 is 13.2 Å². The summed E-state index contributed by atoms with van der Waals surface area (Å²) in [6.07, 6.45) is 4.63.